The van der Waals surface area contributed by atoms with Crippen LogP contribution >= 0.6 is 0 Å². The van der Waals surface area contributed by atoms with Crippen LogP contribution in [0.3, 0.4) is 0 Å². The number of nitrogens with zero attached hydrogens (tertiary/aromatic N) is 3. The summed E-state index contributed by atoms with van der Waals surface area (Å²) in [6.45, 7) is 0.356. The van der Waals surface area contributed by atoms with Crippen molar-refractivity contribution in [2.24, 2.45) is 5.16 Å². The first kappa shape index (κ1) is 15.4. The number of oxime groups is 1. The van der Waals surface area contributed by atoms with E-state index in [9.17, 15) is 0 Å². The zero-order valence-corrected chi connectivity index (χ0v) is 14.0. The number of fused-ring (bicyclic) bond motifs is 2. The summed E-state index contributed by atoms with van der Waals surface area (Å²) in [5.41, 5.74) is 5.54. The van der Waals surface area contributed by atoms with Crippen LogP contribution in [0, 0.1) is 0 Å². The van der Waals surface area contributed by atoms with Crippen LogP contribution < -0.4 is 9.47 Å². The minimum absolute atomic E-state index is 0.356. The number of benzene rings is 2. The molecule has 7 heteroatoms. The number of aryl methyl sites for hydroxylation is 1. The monoisotopic (exact) mass is 339 g/mol. The molecule has 0 aliphatic heterocycles. The van der Waals surface area contributed by atoms with Crippen LogP contribution in [0.4, 0.5) is 0 Å². The van der Waals surface area contributed by atoms with E-state index in [0.717, 1.165) is 40.9 Å². The summed E-state index contributed by atoms with van der Waals surface area (Å²) in [5, 5.41) is 11.9. The van der Waals surface area contributed by atoms with Crippen LogP contribution in [-0.2, 0) is 17.9 Å². The van der Waals surface area contributed by atoms with Crippen LogP contribution in [0.1, 0.15) is 23.1 Å². The van der Waals surface area contributed by atoms with Gasteiger partial charge in [0.25, 0.3) is 0 Å². The molecule has 4 rings (SSSR count). The third-order valence-corrected chi connectivity index (χ3v) is 4.28. The maximum atomic E-state index is 5.55. The number of aromatic nitrogens is 2. The largest absolute Gasteiger partial charge is 0.493 e. The first-order valence-electron chi connectivity index (χ1n) is 7.94. The van der Waals surface area contributed by atoms with Gasteiger partial charge < -0.3 is 14.3 Å². The predicted octanol–water partition coefficient (Wildman–Crippen LogP) is 3.11. The average Bonchev–Trinajstić information content (AvgIpc) is 3.26. The summed E-state index contributed by atoms with van der Waals surface area (Å²) in [7, 11) is 3.26. The van der Waals surface area contributed by atoms with Crippen molar-refractivity contribution in [1.82, 2.24) is 10.3 Å². The van der Waals surface area contributed by atoms with Gasteiger partial charge in [-0.2, -0.15) is 0 Å². The molecule has 2 aromatic carbocycles. The van der Waals surface area contributed by atoms with Gasteiger partial charge in [0.15, 0.2) is 11.5 Å². The van der Waals surface area contributed by atoms with E-state index in [1.54, 1.807) is 14.2 Å². The Kier molecular flexibility index (Phi) is 3.97. The second-order valence-corrected chi connectivity index (χ2v) is 5.76. The number of ether oxygens (including phenoxy) is 2. The molecule has 25 heavy (non-hydrogen) atoms. The molecule has 7 nitrogen and oxygen atoms in total. The fourth-order valence-corrected chi connectivity index (χ4v) is 2.98. The van der Waals surface area contributed by atoms with Crippen molar-refractivity contribution in [2.75, 3.05) is 14.2 Å². The topological polar surface area (TPSA) is 79.0 Å². The van der Waals surface area contributed by atoms with Gasteiger partial charge in [-0.05, 0) is 58.5 Å². The normalized spacial score (nSPS) is 14.7. The Morgan fingerprint density at radius 1 is 1.00 bits per heavy atom. The van der Waals surface area contributed by atoms with E-state index in [2.05, 4.69) is 15.5 Å². The molecule has 0 atom stereocenters. The van der Waals surface area contributed by atoms with Gasteiger partial charge >= 0.3 is 0 Å². The standard InChI is InChI=1S/C18H17N3O4/c1-22-17-8-12-4-6-14(13(12)9-18(17)23-2)19-24-10-11-3-5-15-16(7-11)21-25-20-15/h3,5,7-9H,4,6,10H2,1-2H3/b19-14+. The van der Waals surface area contributed by atoms with Gasteiger partial charge in [0.2, 0.25) is 0 Å². The highest BCUT2D eigenvalue weighted by Gasteiger charge is 2.22. The SMILES string of the molecule is COc1cc2c(cc1OC)/C(=N/OCc1ccc3nonc3c1)CC2. The van der Waals surface area contributed by atoms with E-state index in [-0.39, 0.29) is 0 Å². The van der Waals surface area contributed by atoms with Crippen molar-refractivity contribution in [3.05, 3.63) is 47.0 Å². The van der Waals surface area contributed by atoms with E-state index >= 15 is 0 Å². The zero-order chi connectivity index (χ0) is 17.2. The number of rotatable bonds is 5. The molecule has 1 aliphatic rings. The summed E-state index contributed by atoms with van der Waals surface area (Å²) in [6.07, 6.45) is 1.74. The first-order chi connectivity index (χ1) is 12.3. The summed E-state index contributed by atoms with van der Waals surface area (Å²) in [4.78, 5) is 5.55. The lowest BCUT2D eigenvalue weighted by Gasteiger charge is -2.10. The van der Waals surface area contributed by atoms with E-state index in [1.807, 2.05) is 30.3 Å². The molecule has 1 aromatic heterocycles. The Morgan fingerprint density at radius 2 is 1.80 bits per heavy atom. The molecule has 3 aromatic rings. The molecule has 1 aliphatic carbocycles. The van der Waals surface area contributed by atoms with Gasteiger partial charge in [0, 0.05) is 5.56 Å². The van der Waals surface area contributed by atoms with E-state index in [0.29, 0.717) is 17.9 Å². The molecule has 0 fully saturated rings. The maximum Gasteiger partial charge on any atom is 0.161 e. The average molecular weight is 339 g/mol. The fourth-order valence-electron chi connectivity index (χ4n) is 2.98. The van der Waals surface area contributed by atoms with Crippen molar-refractivity contribution < 1.29 is 18.9 Å². The number of hydrogen-bond donors (Lipinski definition) is 0. The quantitative estimate of drug-likeness (QED) is 0.665. The van der Waals surface area contributed by atoms with Gasteiger partial charge in [-0.3, -0.25) is 0 Å². The van der Waals surface area contributed by atoms with Crippen molar-refractivity contribution >= 4 is 16.7 Å². The minimum atomic E-state index is 0.356. The Labute approximate surface area is 144 Å². The van der Waals surface area contributed by atoms with Crippen molar-refractivity contribution in [3.63, 3.8) is 0 Å². The van der Waals surface area contributed by atoms with Crippen molar-refractivity contribution in [2.45, 2.75) is 19.4 Å². The maximum absolute atomic E-state index is 5.55. The summed E-state index contributed by atoms with van der Waals surface area (Å²) in [5.74, 6) is 1.43. The van der Waals surface area contributed by atoms with Crippen LogP contribution in [0.5, 0.6) is 11.5 Å². The Bertz CT molecular complexity index is 949. The predicted molar refractivity (Wildman–Crippen MR) is 91.0 cm³/mol. The minimum Gasteiger partial charge on any atom is -0.493 e. The molecule has 1 heterocycles. The first-order valence-corrected chi connectivity index (χ1v) is 7.94. The van der Waals surface area contributed by atoms with E-state index < -0.39 is 0 Å². The zero-order valence-electron chi connectivity index (χ0n) is 14.0. The van der Waals surface area contributed by atoms with Gasteiger partial charge in [0.05, 0.1) is 19.9 Å². The highest BCUT2D eigenvalue weighted by atomic mass is 16.6. The summed E-state index contributed by atoms with van der Waals surface area (Å²) >= 11 is 0. The summed E-state index contributed by atoms with van der Waals surface area (Å²) < 4.78 is 15.4. The van der Waals surface area contributed by atoms with Crippen LogP contribution in [-0.4, -0.2) is 30.2 Å². The summed E-state index contributed by atoms with van der Waals surface area (Å²) in [6, 6.07) is 9.60. The smallest absolute Gasteiger partial charge is 0.161 e. The number of methoxy groups -OCH3 is 2. The van der Waals surface area contributed by atoms with Crippen molar-refractivity contribution in [1.29, 1.82) is 0 Å². The lowest BCUT2D eigenvalue weighted by molar-refractivity contribution is 0.130. The van der Waals surface area contributed by atoms with Gasteiger partial charge in [-0.1, -0.05) is 11.2 Å². The van der Waals surface area contributed by atoms with E-state index in [4.69, 9.17) is 18.9 Å². The molecule has 0 spiro atoms. The Hall–Kier alpha value is -3.09. The number of hydrogen-bond acceptors (Lipinski definition) is 7. The second kappa shape index (κ2) is 6.43. The van der Waals surface area contributed by atoms with E-state index in [1.165, 1.54) is 5.56 Å². The van der Waals surface area contributed by atoms with Crippen LogP contribution in [0.15, 0.2) is 40.1 Å². The molecular weight excluding hydrogens is 322 g/mol. The van der Waals surface area contributed by atoms with Gasteiger partial charge in [-0.25, -0.2) is 4.63 Å². The Balaban J connectivity index is 1.51. The highest BCUT2D eigenvalue weighted by molar-refractivity contribution is 6.04. The van der Waals surface area contributed by atoms with Crippen molar-refractivity contribution in [3.8, 4) is 11.5 Å². The highest BCUT2D eigenvalue weighted by Crippen LogP contribution is 2.35. The third-order valence-electron chi connectivity index (χ3n) is 4.28. The molecule has 0 radical (unpaired) electrons. The lowest BCUT2D eigenvalue weighted by Crippen LogP contribution is -1.99. The lowest BCUT2D eigenvalue weighted by atomic mass is 10.1. The molecule has 0 saturated carbocycles. The molecule has 0 amide bonds. The molecule has 0 N–H and O–H groups in total. The molecular formula is C18H17N3O4. The Morgan fingerprint density at radius 3 is 2.64 bits per heavy atom. The molecule has 0 saturated heterocycles. The molecule has 0 unspecified atom stereocenters. The van der Waals surface area contributed by atoms with Gasteiger partial charge in [-0.15, -0.1) is 0 Å². The molecule has 128 valence electrons. The fraction of sp³-hybridized carbons (Fsp3) is 0.278. The van der Waals surface area contributed by atoms with Gasteiger partial charge in [0.1, 0.15) is 17.6 Å². The van der Waals surface area contributed by atoms with Crippen LogP contribution in [0.2, 0.25) is 0 Å². The molecule has 0 bridgehead atoms. The third kappa shape index (κ3) is 2.88. The van der Waals surface area contributed by atoms with Crippen LogP contribution in [0.25, 0.3) is 11.0 Å². The second-order valence-electron chi connectivity index (χ2n) is 5.76.